The molecule has 96 valence electrons. The van der Waals surface area contributed by atoms with Crippen molar-refractivity contribution < 1.29 is 35.4 Å². The van der Waals surface area contributed by atoms with Gasteiger partial charge < -0.3 is 35.4 Å². The van der Waals surface area contributed by atoms with Crippen LogP contribution in [-0.2, 0) is 4.74 Å². The molecule has 1 aliphatic heterocycles. The Morgan fingerprint density at radius 1 is 0.938 bits per heavy atom. The summed E-state index contributed by atoms with van der Waals surface area (Å²) in [5.74, 6) is 0. The Morgan fingerprint density at radius 3 is 1.88 bits per heavy atom. The van der Waals surface area contributed by atoms with E-state index in [9.17, 15) is 20.4 Å². The van der Waals surface area contributed by atoms with Gasteiger partial charge in [0, 0.05) is 6.42 Å². The fourth-order valence-corrected chi connectivity index (χ4v) is 1.38. The van der Waals surface area contributed by atoms with Gasteiger partial charge in [-0.15, -0.1) is 0 Å². The van der Waals surface area contributed by atoms with Crippen molar-refractivity contribution in [1.29, 1.82) is 0 Å². The molecule has 0 radical (unpaired) electrons. The van der Waals surface area contributed by atoms with Crippen LogP contribution in [-0.4, -0.2) is 80.5 Å². The van der Waals surface area contributed by atoms with Gasteiger partial charge in [-0.1, -0.05) is 0 Å². The Bertz CT molecular complexity index is 208. The van der Waals surface area contributed by atoms with Gasteiger partial charge in [0.2, 0.25) is 0 Å². The van der Waals surface area contributed by atoms with Gasteiger partial charge in [0.1, 0.15) is 24.4 Å². The predicted octanol–water partition coefficient (Wildman–Crippen LogP) is -3.43. The van der Waals surface area contributed by atoms with Crippen LogP contribution >= 0.6 is 0 Å². The normalized spacial score (nSPS) is 29.2. The molecule has 0 saturated carbocycles. The van der Waals surface area contributed by atoms with Gasteiger partial charge in [0.25, 0.3) is 0 Å². The Kier molecular flexibility index (Phi) is 5.06. The van der Waals surface area contributed by atoms with Crippen LogP contribution in [0.3, 0.4) is 0 Å². The van der Waals surface area contributed by atoms with Crippen molar-refractivity contribution in [2.75, 3.05) is 13.2 Å². The third-order valence-electron chi connectivity index (χ3n) is 2.58. The lowest BCUT2D eigenvalue weighted by Gasteiger charge is -2.28. The third-order valence-corrected chi connectivity index (χ3v) is 2.58. The topological polar surface area (TPSA) is 134 Å². The third kappa shape index (κ3) is 3.63. The standard InChI is InChI=1S/C9H18O7/c10-2-6(12)8(14)9(15)7(13)5(11)1-4-3-16-4/h4-15H,1-3H2/t4?,5?,6-,7+,8-,9-/m1/s1. The van der Waals surface area contributed by atoms with Crippen molar-refractivity contribution in [3.63, 3.8) is 0 Å². The van der Waals surface area contributed by atoms with Crippen LogP contribution in [0.1, 0.15) is 6.42 Å². The minimum Gasteiger partial charge on any atom is -0.394 e. The van der Waals surface area contributed by atoms with Crippen molar-refractivity contribution in [2.45, 2.75) is 43.0 Å². The molecule has 1 fully saturated rings. The summed E-state index contributed by atoms with van der Waals surface area (Å²) < 4.78 is 4.83. The van der Waals surface area contributed by atoms with Crippen LogP contribution in [0.5, 0.6) is 0 Å². The zero-order valence-electron chi connectivity index (χ0n) is 8.68. The molecule has 2 unspecified atom stereocenters. The molecular weight excluding hydrogens is 220 g/mol. The van der Waals surface area contributed by atoms with E-state index in [0.717, 1.165) is 0 Å². The smallest absolute Gasteiger partial charge is 0.111 e. The molecule has 0 aromatic carbocycles. The highest BCUT2D eigenvalue weighted by atomic mass is 16.6. The molecule has 0 aliphatic carbocycles. The van der Waals surface area contributed by atoms with Crippen LogP contribution in [0.15, 0.2) is 0 Å². The van der Waals surface area contributed by atoms with Gasteiger partial charge in [0.05, 0.1) is 25.4 Å². The van der Waals surface area contributed by atoms with E-state index in [-0.39, 0.29) is 12.5 Å². The Hall–Kier alpha value is -0.280. The second-order valence-corrected chi connectivity index (χ2v) is 3.98. The van der Waals surface area contributed by atoms with Gasteiger partial charge in [-0.2, -0.15) is 0 Å². The fraction of sp³-hybridized carbons (Fsp3) is 1.00. The van der Waals surface area contributed by atoms with Crippen molar-refractivity contribution >= 4 is 0 Å². The molecule has 1 saturated heterocycles. The average Bonchev–Trinajstić information content (AvgIpc) is 3.08. The second kappa shape index (κ2) is 5.87. The lowest BCUT2D eigenvalue weighted by Crippen LogP contribution is -2.50. The molecule has 0 bridgehead atoms. The minimum absolute atomic E-state index is 0.128. The number of epoxide rings is 1. The lowest BCUT2D eigenvalue weighted by atomic mass is 9.97. The van der Waals surface area contributed by atoms with E-state index in [2.05, 4.69) is 0 Å². The van der Waals surface area contributed by atoms with Gasteiger partial charge in [-0.25, -0.2) is 0 Å². The van der Waals surface area contributed by atoms with E-state index in [0.29, 0.717) is 6.61 Å². The number of hydrogen-bond donors (Lipinski definition) is 6. The van der Waals surface area contributed by atoms with Crippen molar-refractivity contribution in [3.8, 4) is 0 Å². The summed E-state index contributed by atoms with van der Waals surface area (Å²) in [6.07, 6.45) is -7.82. The zero-order chi connectivity index (χ0) is 12.3. The molecule has 0 aromatic heterocycles. The van der Waals surface area contributed by atoms with Crippen molar-refractivity contribution in [1.82, 2.24) is 0 Å². The summed E-state index contributed by atoms with van der Waals surface area (Å²) in [5.41, 5.74) is 0. The maximum Gasteiger partial charge on any atom is 0.111 e. The summed E-state index contributed by atoms with van der Waals surface area (Å²) in [6.45, 7) is -0.242. The quantitative estimate of drug-likeness (QED) is 0.254. The summed E-state index contributed by atoms with van der Waals surface area (Å²) in [5, 5.41) is 55.2. The summed E-state index contributed by atoms with van der Waals surface area (Å²) >= 11 is 0. The molecule has 6 atom stereocenters. The first-order valence-electron chi connectivity index (χ1n) is 5.10. The number of hydrogen-bond acceptors (Lipinski definition) is 7. The first-order chi connectivity index (χ1) is 7.47. The highest BCUT2D eigenvalue weighted by molar-refractivity contribution is 4.87. The molecule has 16 heavy (non-hydrogen) atoms. The molecule has 1 rings (SSSR count). The second-order valence-electron chi connectivity index (χ2n) is 3.98. The Morgan fingerprint density at radius 2 is 1.44 bits per heavy atom. The monoisotopic (exact) mass is 238 g/mol. The zero-order valence-corrected chi connectivity index (χ0v) is 8.68. The van der Waals surface area contributed by atoms with Crippen LogP contribution < -0.4 is 0 Å². The van der Waals surface area contributed by atoms with Crippen LogP contribution in [0, 0.1) is 0 Å². The Labute approximate surface area is 92.5 Å². The van der Waals surface area contributed by atoms with Crippen molar-refractivity contribution in [3.05, 3.63) is 0 Å². The number of aliphatic hydroxyl groups is 6. The fourth-order valence-electron chi connectivity index (χ4n) is 1.38. The van der Waals surface area contributed by atoms with Crippen molar-refractivity contribution in [2.24, 2.45) is 0 Å². The van der Waals surface area contributed by atoms with E-state index in [4.69, 9.17) is 14.9 Å². The van der Waals surface area contributed by atoms with Crippen LogP contribution in [0.25, 0.3) is 0 Å². The van der Waals surface area contributed by atoms with Gasteiger partial charge in [0.15, 0.2) is 0 Å². The summed E-state index contributed by atoms with van der Waals surface area (Å²) in [6, 6.07) is 0. The van der Waals surface area contributed by atoms with Gasteiger partial charge in [-0.3, -0.25) is 0 Å². The number of ether oxygens (including phenoxy) is 1. The number of rotatable bonds is 7. The molecule has 7 heteroatoms. The molecule has 7 nitrogen and oxygen atoms in total. The minimum atomic E-state index is -1.73. The van der Waals surface area contributed by atoms with Crippen LogP contribution in [0.2, 0.25) is 0 Å². The highest BCUT2D eigenvalue weighted by Crippen LogP contribution is 2.19. The van der Waals surface area contributed by atoms with E-state index < -0.39 is 37.1 Å². The maximum atomic E-state index is 9.47. The molecule has 1 heterocycles. The van der Waals surface area contributed by atoms with E-state index in [1.54, 1.807) is 0 Å². The van der Waals surface area contributed by atoms with E-state index in [1.807, 2.05) is 0 Å². The summed E-state index contributed by atoms with van der Waals surface area (Å²) in [7, 11) is 0. The Balaban J connectivity index is 2.40. The lowest BCUT2D eigenvalue weighted by molar-refractivity contribution is -0.141. The van der Waals surface area contributed by atoms with Gasteiger partial charge in [-0.05, 0) is 0 Å². The maximum absolute atomic E-state index is 9.47. The molecule has 0 amide bonds. The van der Waals surface area contributed by atoms with Gasteiger partial charge >= 0.3 is 0 Å². The number of aliphatic hydroxyl groups excluding tert-OH is 6. The van der Waals surface area contributed by atoms with E-state index >= 15 is 0 Å². The summed E-state index contributed by atoms with van der Waals surface area (Å²) in [4.78, 5) is 0. The first-order valence-corrected chi connectivity index (χ1v) is 5.10. The average molecular weight is 238 g/mol. The van der Waals surface area contributed by atoms with Crippen LogP contribution in [0.4, 0.5) is 0 Å². The van der Waals surface area contributed by atoms with E-state index in [1.165, 1.54) is 0 Å². The SMILES string of the molecule is OC[C@@H](O)[C@@H](O)[C@H](O)[C@@H](O)C(O)CC1CO1. The highest BCUT2D eigenvalue weighted by Gasteiger charge is 2.36. The first kappa shape index (κ1) is 13.8. The molecule has 6 N–H and O–H groups in total. The largest absolute Gasteiger partial charge is 0.394 e. The molecular formula is C9H18O7. The molecule has 0 aromatic rings. The predicted molar refractivity (Wildman–Crippen MR) is 51.5 cm³/mol. The molecule has 1 aliphatic rings. The molecule has 0 spiro atoms.